The Labute approximate surface area is 233 Å². The Bertz CT molecular complexity index is 1590. The van der Waals surface area contributed by atoms with E-state index < -0.39 is 56.2 Å². The van der Waals surface area contributed by atoms with Gasteiger partial charge in [-0.1, -0.05) is 61.0 Å². The zero-order valence-corrected chi connectivity index (χ0v) is 23.6. The predicted molar refractivity (Wildman–Crippen MR) is 150 cm³/mol. The van der Waals surface area contributed by atoms with Crippen molar-refractivity contribution in [3.05, 3.63) is 89.5 Å². The van der Waals surface area contributed by atoms with Crippen LogP contribution in [0.25, 0.3) is 0 Å². The number of carbonyl (C=O) groups is 2. The molecule has 1 aliphatic rings. The molecule has 0 saturated heterocycles. The van der Waals surface area contributed by atoms with E-state index >= 15 is 0 Å². The Morgan fingerprint density at radius 1 is 0.900 bits per heavy atom. The number of carbonyl (C=O) groups excluding carboxylic acids is 1. The molecular weight excluding hydrogens is 556 g/mol. The van der Waals surface area contributed by atoms with E-state index in [0.29, 0.717) is 26.8 Å². The minimum absolute atomic E-state index is 0.101. The molecule has 1 amide bonds. The fourth-order valence-corrected chi connectivity index (χ4v) is 6.77. The molecule has 0 fully saturated rings. The minimum Gasteiger partial charge on any atom is -0.481 e. The fourth-order valence-electron chi connectivity index (χ4n) is 4.78. The molecule has 1 atom stereocenters. The van der Waals surface area contributed by atoms with E-state index in [4.69, 9.17) is 0 Å². The van der Waals surface area contributed by atoms with E-state index in [9.17, 15) is 36.1 Å². The van der Waals surface area contributed by atoms with Gasteiger partial charge in [-0.25, -0.2) is 12.7 Å². The maximum absolute atomic E-state index is 14.3. The lowest BCUT2D eigenvalue weighted by Gasteiger charge is -2.38. The lowest BCUT2D eigenvalue weighted by atomic mass is 9.84. The third-order valence-electron chi connectivity index (χ3n) is 6.82. The molecule has 40 heavy (non-hydrogen) atoms. The summed E-state index contributed by atoms with van der Waals surface area (Å²) in [5.74, 6) is -4.74. The van der Waals surface area contributed by atoms with E-state index in [1.54, 1.807) is 67.6 Å². The summed E-state index contributed by atoms with van der Waals surface area (Å²) in [5, 5.41) is 9.59. The summed E-state index contributed by atoms with van der Waals surface area (Å²) in [6, 6.07) is 19.8. The van der Waals surface area contributed by atoms with Gasteiger partial charge in [0.1, 0.15) is 0 Å². The number of anilines is 2. The van der Waals surface area contributed by atoms with Crippen LogP contribution in [0.3, 0.4) is 0 Å². The SMILES string of the molecule is Cc1ccc(S(=O)(=O)N(CC(C)C(=O)O)C(=O)C2c3ccccc3N(CCCS(=O)(=O)O)c3ccccc32)cc1. The van der Waals surface area contributed by atoms with Gasteiger partial charge in [-0.3, -0.25) is 14.1 Å². The van der Waals surface area contributed by atoms with Gasteiger partial charge in [0.05, 0.1) is 29.0 Å². The summed E-state index contributed by atoms with van der Waals surface area (Å²) < 4.78 is 60.2. The van der Waals surface area contributed by atoms with Crippen LogP contribution < -0.4 is 4.90 Å². The van der Waals surface area contributed by atoms with Crippen LogP contribution in [0.2, 0.25) is 0 Å². The Hall–Kier alpha value is -3.74. The average molecular weight is 587 g/mol. The predicted octanol–water partition coefficient (Wildman–Crippen LogP) is 3.79. The smallest absolute Gasteiger partial charge is 0.308 e. The highest BCUT2D eigenvalue weighted by Gasteiger charge is 2.41. The molecular formula is C28H30N2O8S2. The van der Waals surface area contributed by atoms with Gasteiger partial charge in [0.15, 0.2) is 0 Å². The molecule has 3 aromatic rings. The first-order valence-corrected chi connectivity index (χ1v) is 15.6. The van der Waals surface area contributed by atoms with Crippen molar-refractivity contribution in [3.8, 4) is 0 Å². The van der Waals surface area contributed by atoms with Crippen molar-refractivity contribution in [2.45, 2.75) is 31.1 Å². The molecule has 212 valence electrons. The van der Waals surface area contributed by atoms with Crippen molar-refractivity contribution < 1.29 is 36.1 Å². The third-order valence-corrected chi connectivity index (χ3v) is 9.41. The molecule has 3 aromatic carbocycles. The number of carboxylic acid groups (broad SMARTS) is 1. The molecule has 1 unspecified atom stereocenters. The summed E-state index contributed by atoms with van der Waals surface area (Å²) in [5.41, 5.74) is 2.96. The minimum atomic E-state index is -4.43. The quantitative estimate of drug-likeness (QED) is 0.338. The second-order valence-electron chi connectivity index (χ2n) is 9.77. The van der Waals surface area contributed by atoms with E-state index in [-0.39, 0.29) is 17.9 Å². The highest BCUT2D eigenvalue weighted by Crippen LogP contribution is 2.46. The number of sulfonamides is 1. The Morgan fingerprint density at radius 3 is 1.93 bits per heavy atom. The molecule has 0 saturated carbocycles. The van der Waals surface area contributed by atoms with Crippen LogP contribution in [0.1, 0.15) is 36.0 Å². The monoisotopic (exact) mass is 586 g/mol. The number of fused-ring (bicyclic) bond motifs is 2. The maximum Gasteiger partial charge on any atom is 0.308 e. The van der Waals surface area contributed by atoms with E-state index in [0.717, 1.165) is 5.56 Å². The standard InChI is InChI=1S/C28H30N2O8S2/c1-19-12-14-21(15-13-19)40(37,38)30(18-20(2)28(32)33)27(31)26-22-8-3-5-10-24(22)29(16-7-17-39(34,35)36)25-11-6-4-9-23(25)26/h3-6,8-15,20,26H,7,16-18H2,1-2H3,(H,32,33)(H,34,35,36). The van der Waals surface area contributed by atoms with Crippen LogP contribution in [0.5, 0.6) is 0 Å². The van der Waals surface area contributed by atoms with Crippen molar-refractivity contribution in [1.82, 2.24) is 4.31 Å². The molecule has 2 N–H and O–H groups in total. The summed E-state index contributed by atoms with van der Waals surface area (Å²) in [6.45, 7) is 2.77. The summed E-state index contributed by atoms with van der Waals surface area (Å²) in [6.07, 6.45) is 0.101. The lowest BCUT2D eigenvalue weighted by Crippen LogP contribution is -2.45. The van der Waals surface area contributed by atoms with Crippen molar-refractivity contribution >= 4 is 43.4 Å². The number of aryl methyl sites for hydroxylation is 1. The Balaban J connectivity index is 1.83. The van der Waals surface area contributed by atoms with E-state index in [2.05, 4.69) is 0 Å². The molecule has 0 radical (unpaired) electrons. The number of aliphatic carboxylic acids is 1. The highest BCUT2D eigenvalue weighted by molar-refractivity contribution is 7.89. The second kappa shape index (κ2) is 11.4. The molecule has 0 aliphatic carbocycles. The zero-order valence-electron chi connectivity index (χ0n) is 22.0. The molecule has 0 spiro atoms. The van der Waals surface area contributed by atoms with Gasteiger partial charge < -0.3 is 10.0 Å². The molecule has 1 heterocycles. The number of hydrogen-bond donors (Lipinski definition) is 2. The summed E-state index contributed by atoms with van der Waals surface area (Å²) in [7, 11) is -8.61. The van der Waals surface area contributed by atoms with Gasteiger partial charge >= 0.3 is 5.97 Å². The average Bonchev–Trinajstić information content (AvgIpc) is 2.90. The first-order valence-electron chi connectivity index (χ1n) is 12.6. The fraction of sp³-hybridized carbons (Fsp3) is 0.286. The van der Waals surface area contributed by atoms with E-state index in [1.165, 1.54) is 19.1 Å². The van der Waals surface area contributed by atoms with Crippen LogP contribution >= 0.6 is 0 Å². The summed E-state index contributed by atoms with van der Waals surface area (Å²) in [4.78, 5) is 27.8. The Kier molecular flexibility index (Phi) is 8.33. The van der Waals surface area contributed by atoms with Gasteiger partial charge in [-0.05, 0) is 48.7 Å². The van der Waals surface area contributed by atoms with Crippen LogP contribution in [-0.4, -0.2) is 61.5 Å². The first-order chi connectivity index (χ1) is 18.8. The van der Waals surface area contributed by atoms with Crippen molar-refractivity contribution in [1.29, 1.82) is 0 Å². The zero-order chi connectivity index (χ0) is 29.2. The largest absolute Gasteiger partial charge is 0.481 e. The molecule has 12 heteroatoms. The van der Waals surface area contributed by atoms with Gasteiger partial charge in [0.25, 0.3) is 20.1 Å². The Morgan fingerprint density at radius 2 is 1.43 bits per heavy atom. The van der Waals surface area contributed by atoms with Crippen LogP contribution in [0.4, 0.5) is 11.4 Å². The van der Waals surface area contributed by atoms with Gasteiger partial charge in [-0.15, -0.1) is 0 Å². The molecule has 10 nitrogen and oxygen atoms in total. The second-order valence-corrected chi connectivity index (χ2v) is 13.2. The number of benzene rings is 3. The van der Waals surface area contributed by atoms with Crippen LogP contribution in [0.15, 0.2) is 77.7 Å². The van der Waals surface area contributed by atoms with Crippen LogP contribution in [0, 0.1) is 12.8 Å². The van der Waals surface area contributed by atoms with Crippen LogP contribution in [-0.2, 0) is 29.7 Å². The molecule has 4 rings (SSSR count). The molecule has 0 aromatic heterocycles. The number of nitrogens with zero attached hydrogens (tertiary/aromatic N) is 2. The molecule has 1 aliphatic heterocycles. The first kappa shape index (κ1) is 29.2. The number of carboxylic acids is 1. The van der Waals surface area contributed by atoms with Crippen molar-refractivity contribution in [2.75, 3.05) is 23.7 Å². The van der Waals surface area contributed by atoms with Gasteiger partial charge in [0.2, 0.25) is 5.91 Å². The number of hydrogen-bond acceptors (Lipinski definition) is 7. The number of rotatable bonds is 10. The third kappa shape index (κ3) is 6.03. The highest BCUT2D eigenvalue weighted by atomic mass is 32.2. The van der Waals surface area contributed by atoms with Crippen molar-refractivity contribution in [3.63, 3.8) is 0 Å². The maximum atomic E-state index is 14.3. The number of para-hydroxylation sites is 2. The summed E-state index contributed by atoms with van der Waals surface area (Å²) >= 11 is 0. The molecule has 0 bridgehead atoms. The van der Waals surface area contributed by atoms with Gasteiger partial charge in [-0.2, -0.15) is 8.42 Å². The number of amides is 1. The topological polar surface area (TPSA) is 149 Å². The normalized spacial score (nSPS) is 14.2. The lowest BCUT2D eigenvalue weighted by molar-refractivity contribution is -0.141. The van der Waals surface area contributed by atoms with Crippen molar-refractivity contribution in [2.24, 2.45) is 5.92 Å². The van der Waals surface area contributed by atoms with E-state index in [1.807, 2.05) is 4.90 Å². The van der Waals surface area contributed by atoms with Gasteiger partial charge in [0, 0.05) is 17.9 Å².